The van der Waals surface area contributed by atoms with E-state index in [9.17, 15) is 14.4 Å². The van der Waals surface area contributed by atoms with Crippen LogP contribution in [0.1, 0.15) is 71.1 Å². The van der Waals surface area contributed by atoms with Gasteiger partial charge in [0.2, 0.25) is 0 Å². The maximum Gasteiger partial charge on any atom is 0.343 e. The number of ether oxygens (including phenoxy) is 3. The molecule has 192 valence electrons. The largest absolute Gasteiger partial charge is 0.494 e. The van der Waals surface area contributed by atoms with Gasteiger partial charge < -0.3 is 14.2 Å². The lowest BCUT2D eigenvalue weighted by Gasteiger charge is -2.08. The molecule has 0 amide bonds. The lowest BCUT2D eigenvalue weighted by Crippen LogP contribution is -2.09. The summed E-state index contributed by atoms with van der Waals surface area (Å²) >= 11 is 0. The van der Waals surface area contributed by atoms with Gasteiger partial charge in [0.1, 0.15) is 11.5 Å². The van der Waals surface area contributed by atoms with Crippen molar-refractivity contribution in [1.82, 2.24) is 0 Å². The van der Waals surface area contributed by atoms with Crippen LogP contribution in [0.25, 0.3) is 0 Å². The zero-order valence-electron chi connectivity index (χ0n) is 21.2. The fourth-order valence-corrected chi connectivity index (χ4v) is 3.19. The summed E-state index contributed by atoms with van der Waals surface area (Å²) in [5.74, 6) is -0.310. The van der Waals surface area contributed by atoms with Crippen LogP contribution in [0.5, 0.6) is 11.5 Å². The minimum Gasteiger partial charge on any atom is -0.494 e. The molecule has 37 heavy (non-hydrogen) atoms. The number of esters is 2. The van der Waals surface area contributed by atoms with E-state index in [-0.39, 0.29) is 23.1 Å². The van der Waals surface area contributed by atoms with E-state index in [1.54, 1.807) is 60.7 Å². The number of Topliss-reactive ketones (excluding diaryl/α,β-unsaturated/α-hetero) is 1. The number of benzene rings is 3. The number of carbonyl (C=O) groups excluding carboxylic acids is 3. The highest BCUT2D eigenvalue weighted by molar-refractivity contribution is 5.99. The average molecular weight is 503 g/mol. The quantitative estimate of drug-likeness (QED) is 0.0848. The second-order valence-corrected chi connectivity index (χ2v) is 8.23. The summed E-state index contributed by atoms with van der Waals surface area (Å²) in [5.41, 5.74) is 1.87. The zero-order valence-corrected chi connectivity index (χ0v) is 21.2. The second-order valence-electron chi connectivity index (χ2n) is 8.23. The highest BCUT2D eigenvalue weighted by Gasteiger charge is 2.14. The Morgan fingerprint density at radius 3 is 2.03 bits per heavy atom. The summed E-state index contributed by atoms with van der Waals surface area (Å²) in [6.07, 6.45) is 2.65. The molecule has 8 heteroatoms. The van der Waals surface area contributed by atoms with E-state index in [1.807, 2.05) is 13.8 Å². The van der Waals surface area contributed by atoms with Gasteiger partial charge in [-0.3, -0.25) is 4.79 Å². The molecule has 0 aliphatic carbocycles. The molecule has 0 radical (unpaired) electrons. The number of nitrogens with zero attached hydrogens (tertiary/aromatic N) is 2. The Balaban J connectivity index is 1.68. The van der Waals surface area contributed by atoms with Crippen molar-refractivity contribution in [2.75, 3.05) is 13.2 Å². The van der Waals surface area contributed by atoms with Gasteiger partial charge >= 0.3 is 11.9 Å². The highest BCUT2D eigenvalue weighted by atomic mass is 16.5. The van der Waals surface area contributed by atoms with Crippen molar-refractivity contribution in [1.29, 1.82) is 0 Å². The molecule has 0 bridgehead atoms. The van der Waals surface area contributed by atoms with Gasteiger partial charge in [0.05, 0.1) is 35.7 Å². The van der Waals surface area contributed by atoms with Gasteiger partial charge in [-0.05, 0) is 86.5 Å². The SMILES string of the molecule is CCCCOC(=O)c1ccc(N=Nc2ccc(OC(=O)c3ccc(OCCC)cc3)cc2C(C)=O)cc1. The fraction of sp³-hybridized carbons (Fsp3) is 0.276. The number of carbonyl (C=O) groups is 3. The van der Waals surface area contributed by atoms with Crippen molar-refractivity contribution >= 4 is 29.1 Å². The zero-order chi connectivity index (χ0) is 26.6. The summed E-state index contributed by atoms with van der Waals surface area (Å²) in [4.78, 5) is 36.8. The Morgan fingerprint density at radius 1 is 0.730 bits per heavy atom. The average Bonchev–Trinajstić information content (AvgIpc) is 2.91. The molecule has 0 saturated carbocycles. The maximum atomic E-state index is 12.5. The van der Waals surface area contributed by atoms with E-state index in [0.717, 1.165) is 19.3 Å². The monoisotopic (exact) mass is 502 g/mol. The second kappa shape index (κ2) is 13.7. The molecule has 0 unspecified atom stereocenters. The van der Waals surface area contributed by atoms with E-state index in [2.05, 4.69) is 10.2 Å². The molecule has 3 aromatic rings. The van der Waals surface area contributed by atoms with Gasteiger partial charge in [0.15, 0.2) is 5.78 Å². The molecule has 8 nitrogen and oxygen atoms in total. The van der Waals surface area contributed by atoms with Crippen LogP contribution in [0, 0.1) is 0 Å². The minimum absolute atomic E-state index is 0.214. The van der Waals surface area contributed by atoms with Crippen LogP contribution in [0.2, 0.25) is 0 Å². The molecule has 0 spiro atoms. The molecule has 3 aromatic carbocycles. The number of unbranched alkanes of at least 4 members (excludes halogenated alkanes) is 1. The van der Waals surface area contributed by atoms with Crippen LogP contribution in [0.3, 0.4) is 0 Å². The molecule has 0 aromatic heterocycles. The van der Waals surface area contributed by atoms with Crippen molar-refractivity contribution in [3.8, 4) is 11.5 Å². The van der Waals surface area contributed by atoms with Crippen molar-refractivity contribution in [3.63, 3.8) is 0 Å². The minimum atomic E-state index is -0.556. The van der Waals surface area contributed by atoms with Gasteiger partial charge in [-0.25, -0.2) is 9.59 Å². The lowest BCUT2D eigenvalue weighted by molar-refractivity contribution is 0.0499. The van der Waals surface area contributed by atoms with Crippen LogP contribution < -0.4 is 9.47 Å². The fourth-order valence-electron chi connectivity index (χ4n) is 3.19. The topological polar surface area (TPSA) is 104 Å². The Morgan fingerprint density at radius 2 is 1.38 bits per heavy atom. The standard InChI is InChI=1S/C29H30N2O6/c1-4-6-18-36-28(33)21-7-11-23(12-8-21)30-31-27-16-15-25(19-26(27)20(3)32)37-29(34)22-9-13-24(14-10-22)35-17-5-2/h7-16,19H,4-6,17-18H2,1-3H3. The number of hydrogen-bond donors (Lipinski definition) is 0. The van der Waals surface area contributed by atoms with E-state index >= 15 is 0 Å². The summed E-state index contributed by atoms with van der Waals surface area (Å²) < 4.78 is 16.2. The number of azo groups is 1. The van der Waals surface area contributed by atoms with Crippen LogP contribution in [0.15, 0.2) is 77.0 Å². The van der Waals surface area contributed by atoms with Gasteiger partial charge in [-0.15, -0.1) is 5.11 Å². The Bertz CT molecular complexity index is 1250. The Labute approximate surface area is 216 Å². The van der Waals surface area contributed by atoms with E-state index < -0.39 is 5.97 Å². The Hall–Kier alpha value is -4.33. The lowest BCUT2D eigenvalue weighted by atomic mass is 10.1. The predicted molar refractivity (Wildman–Crippen MR) is 139 cm³/mol. The first-order chi connectivity index (χ1) is 17.9. The van der Waals surface area contributed by atoms with Crippen LogP contribution >= 0.6 is 0 Å². The van der Waals surface area contributed by atoms with Crippen LogP contribution in [-0.4, -0.2) is 30.9 Å². The van der Waals surface area contributed by atoms with Crippen molar-refractivity contribution in [2.45, 2.75) is 40.0 Å². The number of rotatable bonds is 12. The molecule has 3 rings (SSSR count). The molecular weight excluding hydrogens is 472 g/mol. The molecule has 0 heterocycles. The van der Waals surface area contributed by atoms with Crippen LogP contribution in [-0.2, 0) is 4.74 Å². The first-order valence-electron chi connectivity index (χ1n) is 12.2. The number of ketones is 1. The normalized spacial score (nSPS) is 10.8. The third-order valence-electron chi connectivity index (χ3n) is 5.23. The van der Waals surface area contributed by atoms with Gasteiger partial charge in [0.25, 0.3) is 0 Å². The third kappa shape index (κ3) is 8.10. The molecule has 0 atom stereocenters. The molecule has 0 N–H and O–H groups in total. The smallest absolute Gasteiger partial charge is 0.343 e. The van der Waals surface area contributed by atoms with Gasteiger partial charge in [-0.2, -0.15) is 5.11 Å². The summed E-state index contributed by atoms with van der Waals surface area (Å²) in [5, 5.41) is 8.34. The predicted octanol–water partition coefficient (Wildman–Crippen LogP) is 7.27. The third-order valence-corrected chi connectivity index (χ3v) is 5.23. The van der Waals surface area contributed by atoms with Crippen molar-refractivity contribution < 1.29 is 28.6 Å². The van der Waals surface area contributed by atoms with Crippen molar-refractivity contribution in [2.24, 2.45) is 10.2 Å². The Kier molecular flexibility index (Phi) is 10.1. The van der Waals surface area contributed by atoms with E-state index in [4.69, 9.17) is 14.2 Å². The van der Waals surface area contributed by atoms with E-state index in [1.165, 1.54) is 13.0 Å². The van der Waals surface area contributed by atoms with Gasteiger partial charge in [-0.1, -0.05) is 20.3 Å². The highest BCUT2D eigenvalue weighted by Crippen LogP contribution is 2.28. The first-order valence-corrected chi connectivity index (χ1v) is 12.2. The van der Waals surface area contributed by atoms with Crippen molar-refractivity contribution in [3.05, 3.63) is 83.4 Å². The molecule has 0 aliphatic heterocycles. The molecule has 0 fully saturated rings. The van der Waals surface area contributed by atoms with Gasteiger partial charge in [0, 0.05) is 5.56 Å². The molecule has 0 saturated heterocycles. The summed E-state index contributed by atoms with van der Waals surface area (Å²) in [6, 6.07) is 17.7. The van der Waals surface area contributed by atoms with E-state index in [0.29, 0.717) is 41.5 Å². The molecular formula is C29H30N2O6. The maximum absolute atomic E-state index is 12.5. The number of hydrogen-bond acceptors (Lipinski definition) is 8. The molecule has 0 aliphatic rings. The summed E-state index contributed by atoms with van der Waals surface area (Å²) in [7, 11) is 0. The first kappa shape index (κ1) is 27.3. The van der Waals surface area contributed by atoms with Crippen LogP contribution in [0.4, 0.5) is 11.4 Å². The summed E-state index contributed by atoms with van der Waals surface area (Å²) in [6.45, 7) is 6.42.